The molecule has 0 aromatic carbocycles. The molecule has 0 spiro atoms. The van der Waals surface area contributed by atoms with E-state index in [0.29, 0.717) is 12.1 Å². The zero-order valence-electron chi connectivity index (χ0n) is 10.5. The van der Waals surface area contributed by atoms with Crippen LogP contribution in [0, 0.1) is 0 Å². The lowest BCUT2D eigenvalue weighted by atomic mass is 9.95. The Kier molecular flexibility index (Phi) is 5.69. The molecule has 0 radical (unpaired) electrons. The quantitative estimate of drug-likeness (QED) is 0.506. The summed E-state index contributed by atoms with van der Waals surface area (Å²) in [6.45, 7) is 5.21. The molecule has 96 valence electrons. The first-order chi connectivity index (χ1) is 7.65. The van der Waals surface area contributed by atoms with Crippen molar-refractivity contribution in [1.29, 1.82) is 0 Å². The topological polar surface area (TPSA) is 64.5 Å². The summed E-state index contributed by atoms with van der Waals surface area (Å²) in [7, 11) is 0. The van der Waals surface area contributed by atoms with Crippen LogP contribution >= 0.6 is 0 Å². The molecule has 0 aromatic rings. The number of aliphatic hydroxyl groups is 2. The zero-order chi connectivity index (χ0) is 12.0. The second kappa shape index (κ2) is 6.55. The van der Waals surface area contributed by atoms with Crippen LogP contribution in [-0.4, -0.2) is 47.6 Å². The number of rotatable bonds is 7. The highest BCUT2D eigenvalue weighted by molar-refractivity contribution is 4.89. The number of aliphatic hydroxyl groups excluding tert-OH is 2. The Morgan fingerprint density at radius 3 is 2.56 bits per heavy atom. The van der Waals surface area contributed by atoms with E-state index in [4.69, 9.17) is 0 Å². The van der Waals surface area contributed by atoms with Gasteiger partial charge in [-0.2, -0.15) is 0 Å². The summed E-state index contributed by atoms with van der Waals surface area (Å²) >= 11 is 0. The fraction of sp³-hybridized carbons (Fsp3) is 1.00. The molecule has 4 nitrogen and oxygen atoms in total. The van der Waals surface area contributed by atoms with Gasteiger partial charge in [0.05, 0.1) is 18.8 Å². The zero-order valence-corrected chi connectivity index (χ0v) is 10.5. The van der Waals surface area contributed by atoms with Crippen LogP contribution in [0.4, 0.5) is 0 Å². The van der Waals surface area contributed by atoms with E-state index in [2.05, 4.69) is 17.6 Å². The molecule has 2 unspecified atom stereocenters. The molecule has 1 rings (SSSR count). The molecule has 0 aliphatic carbocycles. The second-order valence-corrected chi connectivity index (χ2v) is 5.02. The smallest absolute Gasteiger partial charge is 0.0647 e. The minimum atomic E-state index is -0.516. The SMILES string of the molecule is CCC(CO)(CO)NC(C)CC1CCCN1. The van der Waals surface area contributed by atoms with Crippen LogP contribution in [0.25, 0.3) is 0 Å². The van der Waals surface area contributed by atoms with E-state index >= 15 is 0 Å². The van der Waals surface area contributed by atoms with Crippen LogP contribution in [0.3, 0.4) is 0 Å². The van der Waals surface area contributed by atoms with Gasteiger partial charge in [-0.3, -0.25) is 0 Å². The van der Waals surface area contributed by atoms with Crippen molar-refractivity contribution in [2.45, 2.75) is 57.2 Å². The summed E-state index contributed by atoms with van der Waals surface area (Å²) in [5, 5.41) is 25.5. The summed E-state index contributed by atoms with van der Waals surface area (Å²) in [6, 6.07) is 0.907. The van der Waals surface area contributed by atoms with Gasteiger partial charge in [-0.25, -0.2) is 0 Å². The van der Waals surface area contributed by atoms with E-state index < -0.39 is 5.54 Å². The fourth-order valence-electron chi connectivity index (χ4n) is 2.43. The summed E-state index contributed by atoms with van der Waals surface area (Å²) in [5.74, 6) is 0. The van der Waals surface area contributed by atoms with Crippen molar-refractivity contribution < 1.29 is 10.2 Å². The number of nitrogens with one attached hydrogen (secondary N) is 2. The lowest BCUT2D eigenvalue weighted by Gasteiger charge is -2.34. The molecule has 0 aromatic heterocycles. The first-order valence-corrected chi connectivity index (χ1v) is 6.38. The van der Waals surface area contributed by atoms with Gasteiger partial charge in [0, 0.05) is 12.1 Å². The molecule has 4 heteroatoms. The maximum atomic E-state index is 9.35. The summed E-state index contributed by atoms with van der Waals surface area (Å²) in [4.78, 5) is 0. The predicted molar refractivity (Wildman–Crippen MR) is 65.4 cm³/mol. The molecule has 0 saturated carbocycles. The molecule has 1 heterocycles. The normalized spacial score (nSPS) is 23.6. The molecule has 1 saturated heterocycles. The van der Waals surface area contributed by atoms with Crippen LogP contribution in [0.2, 0.25) is 0 Å². The van der Waals surface area contributed by atoms with Gasteiger partial charge in [0.1, 0.15) is 0 Å². The minimum Gasteiger partial charge on any atom is -0.394 e. The minimum absolute atomic E-state index is 0.0115. The molecule has 1 aliphatic rings. The van der Waals surface area contributed by atoms with Crippen molar-refractivity contribution in [2.24, 2.45) is 0 Å². The maximum Gasteiger partial charge on any atom is 0.0647 e. The van der Waals surface area contributed by atoms with Crippen molar-refractivity contribution in [2.75, 3.05) is 19.8 Å². The first kappa shape index (κ1) is 13.9. The lowest BCUT2D eigenvalue weighted by molar-refractivity contribution is 0.0773. The molecule has 0 bridgehead atoms. The molecule has 4 N–H and O–H groups in total. The maximum absolute atomic E-state index is 9.35. The van der Waals surface area contributed by atoms with E-state index in [1.807, 2.05) is 6.92 Å². The van der Waals surface area contributed by atoms with Crippen LogP contribution in [0.1, 0.15) is 39.5 Å². The number of hydrogen-bond acceptors (Lipinski definition) is 4. The second-order valence-electron chi connectivity index (χ2n) is 5.02. The van der Waals surface area contributed by atoms with Gasteiger partial charge in [-0.05, 0) is 39.2 Å². The summed E-state index contributed by atoms with van der Waals surface area (Å²) in [6.07, 6.45) is 4.30. The molecular weight excluding hydrogens is 204 g/mol. The van der Waals surface area contributed by atoms with E-state index in [1.165, 1.54) is 12.8 Å². The molecular formula is C12H26N2O2. The van der Waals surface area contributed by atoms with Crippen molar-refractivity contribution >= 4 is 0 Å². The third kappa shape index (κ3) is 3.70. The van der Waals surface area contributed by atoms with Crippen molar-refractivity contribution in [1.82, 2.24) is 10.6 Å². The largest absolute Gasteiger partial charge is 0.394 e. The monoisotopic (exact) mass is 230 g/mol. The molecule has 16 heavy (non-hydrogen) atoms. The highest BCUT2D eigenvalue weighted by atomic mass is 16.3. The highest BCUT2D eigenvalue weighted by Crippen LogP contribution is 2.15. The fourth-order valence-corrected chi connectivity index (χ4v) is 2.43. The average Bonchev–Trinajstić information content (AvgIpc) is 2.79. The van der Waals surface area contributed by atoms with E-state index in [9.17, 15) is 10.2 Å². The van der Waals surface area contributed by atoms with Gasteiger partial charge in [-0.1, -0.05) is 6.92 Å². The molecule has 1 fully saturated rings. The Morgan fingerprint density at radius 2 is 2.12 bits per heavy atom. The van der Waals surface area contributed by atoms with Gasteiger partial charge < -0.3 is 20.8 Å². The Morgan fingerprint density at radius 1 is 1.44 bits per heavy atom. The molecule has 0 amide bonds. The van der Waals surface area contributed by atoms with Crippen molar-refractivity contribution in [3.8, 4) is 0 Å². The summed E-state index contributed by atoms with van der Waals surface area (Å²) < 4.78 is 0. The van der Waals surface area contributed by atoms with Gasteiger partial charge in [0.15, 0.2) is 0 Å². The van der Waals surface area contributed by atoms with Crippen LogP contribution in [-0.2, 0) is 0 Å². The van der Waals surface area contributed by atoms with Crippen LogP contribution in [0.15, 0.2) is 0 Å². The first-order valence-electron chi connectivity index (χ1n) is 6.38. The van der Waals surface area contributed by atoms with Gasteiger partial charge in [0.25, 0.3) is 0 Å². The van der Waals surface area contributed by atoms with Gasteiger partial charge in [-0.15, -0.1) is 0 Å². The third-order valence-electron chi connectivity index (χ3n) is 3.64. The lowest BCUT2D eigenvalue weighted by Crippen LogP contribution is -2.55. The average molecular weight is 230 g/mol. The molecule has 1 aliphatic heterocycles. The predicted octanol–water partition coefficient (Wildman–Crippen LogP) is 0.240. The Bertz CT molecular complexity index is 181. The number of hydrogen-bond donors (Lipinski definition) is 4. The van der Waals surface area contributed by atoms with E-state index in [1.54, 1.807) is 0 Å². The Balaban J connectivity index is 2.38. The van der Waals surface area contributed by atoms with Gasteiger partial charge >= 0.3 is 0 Å². The van der Waals surface area contributed by atoms with Gasteiger partial charge in [0.2, 0.25) is 0 Å². The van der Waals surface area contributed by atoms with Crippen molar-refractivity contribution in [3.05, 3.63) is 0 Å². The van der Waals surface area contributed by atoms with E-state index in [0.717, 1.165) is 19.4 Å². The van der Waals surface area contributed by atoms with Crippen LogP contribution in [0.5, 0.6) is 0 Å². The standard InChI is InChI=1S/C12H26N2O2/c1-3-12(8-15,9-16)14-10(2)7-11-5-4-6-13-11/h10-11,13-16H,3-9H2,1-2H3. The third-order valence-corrected chi connectivity index (χ3v) is 3.64. The molecule has 2 atom stereocenters. The van der Waals surface area contributed by atoms with Crippen LogP contribution < -0.4 is 10.6 Å². The Labute approximate surface area is 98.4 Å². The highest BCUT2D eigenvalue weighted by Gasteiger charge is 2.29. The summed E-state index contributed by atoms with van der Waals surface area (Å²) in [5.41, 5.74) is -0.516. The Hall–Kier alpha value is -0.160. The van der Waals surface area contributed by atoms with Crippen molar-refractivity contribution in [3.63, 3.8) is 0 Å². The van der Waals surface area contributed by atoms with E-state index in [-0.39, 0.29) is 13.2 Å².